The summed E-state index contributed by atoms with van der Waals surface area (Å²) in [5.41, 5.74) is 2.65. The number of furan rings is 1. The third-order valence-corrected chi connectivity index (χ3v) is 5.26. The number of hydrogen-bond acceptors (Lipinski definition) is 4. The second-order valence-electron chi connectivity index (χ2n) is 7.08. The van der Waals surface area contributed by atoms with Crippen LogP contribution in [0, 0.1) is 0 Å². The van der Waals surface area contributed by atoms with E-state index in [2.05, 4.69) is 5.32 Å². The van der Waals surface area contributed by atoms with Crippen LogP contribution in [0.25, 0.3) is 21.7 Å². The number of carbonyl (C=O) groups excluding carboxylic acids is 3. The van der Waals surface area contributed by atoms with Crippen LogP contribution in [-0.2, 0) is 11.2 Å². The van der Waals surface area contributed by atoms with Crippen molar-refractivity contribution >= 4 is 45.2 Å². The summed E-state index contributed by atoms with van der Waals surface area (Å²) in [6.45, 7) is 0. The molecule has 1 aliphatic heterocycles. The predicted octanol–water partition coefficient (Wildman–Crippen LogP) is 3.99. The molecule has 3 aromatic carbocycles. The van der Waals surface area contributed by atoms with Gasteiger partial charge in [0.1, 0.15) is 5.58 Å². The van der Waals surface area contributed by atoms with Crippen LogP contribution >= 0.6 is 0 Å². The number of benzene rings is 3. The first-order valence-corrected chi connectivity index (χ1v) is 9.17. The number of hydrogen-bond donors (Lipinski definition) is 1. The third-order valence-electron chi connectivity index (χ3n) is 5.26. The molecule has 0 bridgehead atoms. The van der Waals surface area contributed by atoms with Crippen LogP contribution in [0.1, 0.15) is 26.3 Å². The van der Waals surface area contributed by atoms with Crippen LogP contribution in [-0.4, -0.2) is 29.7 Å². The van der Waals surface area contributed by atoms with Gasteiger partial charge in [0.2, 0.25) is 5.91 Å². The molecule has 0 radical (unpaired) electrons. The van der Waals surface area contributed by atoms with Crippen LogP contribution in [0.3, 0.4) is 0 Å². The Bertz CT molecular complexity index is 1340. The molecule has 0 fully saturated rings. The highest BCUT2D eigenvalue weighted by molar-refractivity contribution is 6.21. The zero-order valence-corrected chi connectivity index (χ0v) is 15.6. The van der Waals surface area contributed by atoms with Gasteiger partial charge in [-0.15, -0.1) is 0 Å². The lowest BCUT2D eigenvalue weighted by Crippen LogP contribution is -2.24. The largest absolute Gasteiger partial charge is 0.464 e. The molecule has 2 heterocycles. The first-order chi connectivity index (χ1) is 14.0. The topological polar surface area (TPSA) is 79.6 Å². The Balaban J connectivity index is 1.43. The molecule has 0 atom stereocenters. The lowest BCUT2D eigenvalue weighted by Gasteiger charge is -2.06. The summed E-state index contributed by atoms with van der Waals surface area (Å²) in [4.78, 5) is 37.9. The Morgan fingerprint density at radius 1 is 1.00 bits per heavy atom. The van der Waals surface area contributed by atoms with Gasteiger partial charge >= 0.3 is 0 Å². The number of rotatable bonds is 3. The maximum atomic E-state index is 12.7. The van der Waals surface area contributed by atoms with E-state index in [9.17, 15) is 14.4 Å². The average Bonchev–Trinajstić information content (AvgIpc) is 3.23. The van der Waals surface area contributed by atoms with Gasteiger partial charge in [-0.3, -0.25) is 19.3 Å². The molecule has 1 aliphatic rings. The van der Waals surface area contributed by atoms with Crippen LogP contribution in [0.15, 0.2) is 65.3 Å². The number of anilines is 1. The molecule has 3 amide bonds. The highest BCUT2D eigenvalue weighted by Gasteiger charge is 2.32. The van der Waals surface area contributed by atoms with Gasteiger partial charge in [-0.2, -0.15) is 0 Å². The van der Waals surface area contributed by atoms with Gasteiger partial charge in [-0.1, -0.05) is 30.3 Å². The zero-order valence-electron chi connectivity index (χ0n) is 15.6. The van der Waals surface area contributed by atoms with Gasteiger partial charge in [0.25, 0.3) is 11.8 Å². The monoisotopic (exact) mass is 384 g/mol. The molecule has 1 N–H and O–H groups in total. The fraction of sp³-hybridized carbons (Fsp3) is 0.0870. The van der Waals surface area contributed by atoms with Crippen molar-refractivity contribution in [1.82, 2.24) is 4.90 Å². The van der Waals surface area contributed by atoms with Crippen LogP contribution in [0.5, 0.6) is 0 Å². The van der Waals surface area contributed by atoms with E-state index >= 15 is 0 Å². The summed E-state index contributed by atoms with van der Waals surface area (Å²) in [7, 11) is 1.44. The maximum absolute atomic E-state index is 12.7. The SMILES string of the molecule is CN1C(=O)c2ccc(NC(=O)Cc3coc4ccc5ccccc5c34)cc2C1=O. The molecule has 0 unspecified atom stereocenters. The summed E-state index contributed by atoms with van der Waals surface area (Å²) >= 11 is 0. The van der Waals surface area contributed by atoms with Crippen molar-refractivity contribution < 1.29 is 18.8 Å². The summed E-state index contributed by atoms with van der Waals surface area (Å²) in [6.07, 6.45) is 1.74. The highest BCUT2D eigenvalue weighted by Crippen LogP contribution is 2.30. The molecule has 29 heavy (non-hydrogen) atoms. The fourth-order valence-electron chi connectivity index (χ4n) is 3.82. The minimum absolute atomic E-state index is 0.130. The molecule has 0 spiro atoms. The van der Waals surface area contributed by atoms with Gasteiger partial charge in [0.15, 0.2) is 0 Å². The maximum Gasteiger partial charge on any atom is 0.261 e. The van der Waals surface area contributed by atoms with Gasteiger partial charge in [0, 0.05) is 23.7 Å². The van der Waals surface area contributed by atoms with Crippen molar-refractivity contribution in [2.45, 2.75) is 6.42 Å². The predicted molar refractivity (Wildman–Crippen MR) is 109 cm³/mol. The lowest BCUT2D eigenvalue weighted by molar-refractivity contribution is -0.115. The quantitative estimate of drug-likeness (QED) is 0.542. The van der Waals surface area contributed by atoms with E-state index in [4.69, 9.17) is 4.42 Å². The van der Waals surface area contributed by atoms with Crippen molar-refractivity contribution in [2.75, 3.05) is 12.4 Å². The average molecular weight is 384 g/mol. The highest BCUT2D eigenvalue weighted by atomic mass is 16.3. The number of imide groups is 1. The number of fused-ring (bicyclic) bond motifs is 4. The number of nitrogens with one attached hydrogen (secondary N) is 1. The van der Waals surface area contributed by atoms with E-state index < -0.39 is 0 Å². The molecular weight excluding hydrogens is 368 g/mol. The normalized spacial score (nSPS) is 13.3. The number of nitrogens with zero attached hydrogens (tertiary/aromatic N) is 1. The van der Waals surface area contributed by atoms with Crippen molar-refractivity contribution in [2.24, 2.45) is 0 Å². The standard InChI is InChI=1S/C23H16N2O4/c1-25-22(27)17-8-7-15(11-18(17)23(25)28)24-20(26)10-14-12-29-19-9-6-13-4-2-3-5-16(13)21(14)19/h2-9,11-12H,10H2,1H3,(H,24,26). The third kappa shape index (κ3) is 2.69. The van der Waals surface area contributed by atoms with Crippen LogP contribution in [0.4, 0.5) is 5.69 Å². The Hall–Kier alpha value is -3.93. The van der Waals surface area contributed by atoms with E-state index in [0.717, 1.165) is 32.2 Å². The molecule has 0 saturated carbocycles. The molecular formula is C23H16N2O4. The van der Waals surface area contributed by atoms with Gasteiger partial charge in [-0.25, -0.2) is 0 Å². The van der Waals surface area contributed by atoms with Crippen LogP contribution in [0.2, 0.25) is 0 Å². The second kappa shape index (κ2) is 6.31. The molecule has 1 aromatic heterocycles. The fourth-order valence-corrected chi connectivity index (χ4v) is 3.82. The van der Waals surface area contributed by atoms with Gasteiger partial charge in [-0.05, 0) is 35.0 Å². The molecule has 0 aliphatic carbocycles. The van der Waals surface area contributed by atoms with Crippen molar-refractivity contribution in [3.8, 4) is 0 Å². The van der Waals surface area contributed by atoms with Crippen LogP contribution < -0.4 is 5.32 Å². The van der Waals surface area contributed by atoms with Gasteiger partial charge in [0.05, 0.1) is 23.8 Å². The first-order valence-electron chi connectivity index (χ1n) is 9.17. The summed E-state index contributed by atoms with van der Waals surface area (Å²) < 4.78 is 5.64. The molecule has 5 rings (SSSR count). The zero-order chi connectivity index (χ0) is 20.1. The van der Waals surface area contributed by atoms with Crippen molar-refractivity contribution in [3.05, 3.63) is 77.6 Å². The number of carbonyl (C=O) groups is 3. The molecule has 6 nitrogen and oxygen atoms in total. The van der Waals surface area contributed by atoms with E-state index in [-0.39, 0.29) is 24.1 Å². The van der Waals surface area contributed by atoms with Crippen molar-refractivity contribution in [1.29, 1.82) is 0 Å². The summed E-state index contributed by atoms with van der Waals surface area (Å²) in [6, 6.07) is 16.6. The summed E-state index contributed by atoms with van der Waals surface area (Å²) in [5.74, 6) is -0.932. The Kier molecular flexibility index (Phi) is 3.74. The second-order valence-corrected chi connectivity index (χ2v) is 7.08. The van der Waals surface area contributed by atoms with E-state index in [1.54, 1.807) is 24.5 Å². The van der Waals surface area contributed by atoms with Gasteiger partial charge < -0.3 is 9.73 Å². The Morgan fingerprint density at radius 3 is 2.66 bits per heavy atom. The molecule has 4 aromatic rings. The molecule has 6 heteroatoms. The molecule has 0 saturated heterocycles. The van der Waals surface area contributed by atoms with Crippen molar-refractivity contribution in [3.63, 3.8) is 0 Å². The minimum atomic E-state index is -0.367. The smallest absolute Gasteiger partial charge is 0.261 e. The lowest BCUT2D eigenvalue weighted by atomic mass is 10.0. The van der Waals surface area contributed by atoms with E-state index in [0.29, 0.717) is 16.8 Å². The first kappa shape index (κ1) is 17.2. The van der Waals surface area contributed by atoms with E-state index in [1.807, 2.05) is 36.4 Å². The molecule has 142 valence electrons. The Morgan fingerprint density at radius 2 is 1.79 bits per heavy atom. The minimum Gasteiger partial charge on any atom is -0.464 e. The number of amides is 3. The Labute approximate surface area is 165 Å². The summed E-state index contributed by atoms with van der Waals surface area (Å²) in [5, 5.41) is 5.85. The van der Waals surface area contributed by atoms with E-state index in [1.165, 1.54) is 7.05 Å².